The molecule has 2 aromatic rings. The Labute approximate surface area is 223 Å². The number of amides is 2. The molecule has 2 aromatic carbocycles. The minimum Gasteiger partial charge on any atom is -0.469 e. The molecule has 3 aliphatic rings. The van der Waals surface area contributed by atoms with Crippen LogP contribution in [0, 0.1) is 17.8 Å². The summed E-state index contributed by atoms with van der Waals surface area (Å²) < 4.78 is 4.86. The number of hydrogen-bond acceptors (Lipinski definition) is 4. The van der Waals surface area contributed by atoms with Gasteiger partial charge in [-0.25, -0.2) is 0 Å². The summed E-state index contributed by atoms with van der Waals surface area (Å²) in [6.07, 6.45) is 5.78. The minimum atomic E-state index is -0.146. The van der Waals surface area contributed by atoms with Crippen LogP contribution in [0.5, 0.6) is 0 Å². The Balaban J connectivity index is 1.07. The normalized spacial score (nSPS) is 25.8. The van der Waals surface area contributed by atoms with Gasteiger partial charge in [-0.1, -0.05) is 35.9 Å². The molecule has 0 radical (unpaired) electrons. The number of carbonyl (C=O) groups excluding carboxylic acids is 3. The molecule has 2 aliphatic carbocycles. The Morgan fingerprint density at radius 2 is 1.43 bits per heavy atom. The number of nitrogens with one attached hydrogen (secondary N) is 1. The predicted molar refractivity (Wildman–Crippen MR) is 143 cm³/mol. The molecule has 5 rings (SSSR count). The number of anilines is 1. The second-order valence-corrected chi connectivity index (χ2v) is 11.2. The van der Waals surface area contributed by atoms with Crippen molar-refractivity contribution in [3.05, 3.63) is 64.7 Å². The summed E-state index contributed by atoms with van der Waals surface area (Å²) in [4.78, 5) is 39.5. The highest BCUT2D eigenvalue weighted by molar-refractivity contribution is 6.30. The fraction of sp³-hybridized carbons (Fsp3) is 0.500. The number of hydrogen-bond donors (Lipinski definition) is 1. The third-order valence-electron chi connectivity index (χ3n) is 8.49. The standard InChI is InChI=1S/C30H35ClN2O4/c1-37-30(36)23-4-2-22(3-5-23)29(35)33-16-14-20(15-17-33)19-8-12-25(13-9-19)32-28(34)27-18-26(27)21-6-10-24(31)11-7-21/h6-13,20,22-23,26-27H,2-5,14-18H2,1H3,(H,32,34). The molecule has 1 N–H and O–H groups in total. The van der Waals surface area contributed by atoms with Crippen molar-refractivity contribution < 1.29 is 19.1 Å². The van der Waals surface area contributed by atoms with Gasteiger partial charge in [-0.2, -0.15) is 0 Å². The zero-order valence-electron chi connectivity index (χ0n) is 21.3. The van der Waals surface area contributed by atoms with Crippen molar-refractivity contribution in [3.63, 3.8) is 0 Å². The molecule has 2 atom stereocenters. The van der Waals surface area contributed by atoms with Gasteiger partial charge in [0.05, 0.1) is 13.0 Å². The van der Waals surface area contributed by atoms with Crippen LogP contribution in [0.1, 0.15) is 67.9 Å². The third-order valence-corrected chi connectivity index (χ3v) is 8.74. The van der Waals surface area contributed by atoms with Gasteiger partial charge < -0.3 is 15.0 Å². The van der Waals surface area contributed by atoms with Gasteiger partial charge in [0.25, 0.3) is 0 Å². The van der Waals surface area contributed by atoms with Gasteiger partial charge in [0.15, 0.2) is 0 Å². The summed E-state index contributed by atoms with van der Waals surface area (Å²) >= 11 is 5.97. The highest BCUT2D eigenvalue weighted by atomic mass is 35.5. The van der Waals surface area contributed by atoms with E-state index >= 15 is 0 Å². The van der Waals surface area contributed by atoms with Gasteiger partial charge in [0.2, 0.25) is 11.8 Å². The Morgan fingerprint density at radius 1 is 0.838 bits per heavy atom. The summed E-state index contributed by atoms with van der Waals surface area (Å²) in [6.45, 7) is 1.54. The van der Waals surface area contributed by atoms with Crippen LogP contribution in [-0.2, 0) is 19.1 Å². The Kier molecular flexibility index (Phi) is 7.84. The van der Waals surface area contributed by atoms with Crippen LogP contribution in [0.25, 0.3) is 0 Å². The first-order valence-electron chi connectivity index (χ1n) is 13.5. The van der Waals surface area contributed by atoms with E-state index in [0.717, 1.165) is 63.7 Å². The van der Waals surface area contributed by atoms with Gasteiger partial charge >= 0.3 is 5.97 Å². The number of rotatable bonds is 6. The van der Waals surface area contributed by atoms with Crippen LogP contribution in [0.3, 0.4) is 0 Å². The highest BCUT2D eigenvalue weighted by Gasteiger charge is 2.44. The van der Waals surface area contributed by atoms with Gasteiger partial charge in [-0.05, 0) is 92.2 Å². The van der Waals surface area contributed by atoms with E-state index < -0.39 is 0 Å². The van der Waals surface area contributed by atoms with E-state index in [9.17, 15) is 14.4 Å². The van der Waals surface area contributed by atoms with Crippen molar-refractivity contribution in [2.24, 2.45) is 17.8 Å². The number of ether oxygens (including phenoxy) is 1. The third kappa shape index (κ3) is 6.01. The van der Waals surface area contributed by atoms with Crippen molar-refractivity contribution >= 4 is 35.1 Å². The maximum atomic E-state index is 13.0. The number of likely N-dealkylation sites (tertiary alicyclic amines) is 1. The number of halogens is 1. The smallest absolute Gasteiger partial charge is 0.308 e. The van der Waals surface area contributed by atoms with Gasteiger partial charge in [-0.15, -0.1) is 0 Å². The zero-order chi connectivity index (χ0) is 25.9. The van der Waals surface area contributed by atoms with E-state index in [0.29, 0.717) is 10.9 Å². The lowest BCUT2D eigenvalue weighted by Crippen LogP contribution is -2.42. The van der Waals surface area contributed by atoms with Crippen molar-refractivity contribution in [2.45, 2.75) is 56.8 Å². The van der Waals surface area contributed by atoms with Crippen molar-refractivity contribution in [3.8, 4) is 0 Å². The summed E-state index contributed by atoms with van der Waals surface area (Å²) in [5.41, 5.74) is 3.25. The lowest BCUT2D eigenvalue weighted by atomic mass is 9.80. The van der Waals surface area contributed by atoms with Crippen LogP contribution in [0.15, 0.2) is 48.5 Å². The van der Waals surface area contributed by atoms with Crippen LogP contribution in [-0.4, -0.2) is 42.9 Å². The molecule has 0 aromatic heterocycles. The Morgan fingerprint density at radius 3 is 2.05 bits per heavy atom. The molecule has 0 bridgehead atoms. The van der Waals surface area contributed by atoms with Gasteiger partial charge in [0, 0.05) is 35.6 Å². The second kappa shape index (κ2) is 11.3. The summed E-state index contributed by atoms with van der Waals surface area (Å²) in [7, 11) is 1.43. The van der Waals surface area contributed by atoms with E-state index in [1.54, 1.807) is 0 Å². The predicted octanol–water partition coefficient (Wildman–Crippen LogP) is 5.77. The number of esters is 1. The van der Waals surface area contributed by atoms with E-state index in [2.05, 4.69) is 17.4 Å². The molecule has 6 nitrogen and oxygen atoms in total. The second-order valence-electron chi connectivity index (χ2n) is 10.8. The van der Waals surface area contributed by atoms with Crippen LogP contribution in [0.4, 0.5) is 5.69 Å². The molecule has 2 unspecified atom stereocenters. The average Bonchev–Trinajstić information content (AvgIpc) is 3.75. The Hall–Kier alpha value is -2.86. The summed E-state index contributed by atoms with van der Waals surface area (Å²) in [5, 5.41) is 3.78. The average molecular weight is 523 g/mol. The first-order chi connectivity index (χ1) is 17.9. The lowest BCUT2D eigenvalue weighted by molar-refractivity contribution is -0.148. The SMILES string of the molecule is COC(=O)C1CCC(C(=O)N2CCC(c3ccc(NC(=O)C4CC4c4ccc(Cl)cc4)cc3)CC2)CC1. The molecule has 1 saturated heterocycles. The first-order valence-corrected chi connectivity index (χ1v) is 13.8. The fourth-order valence-electron chi connectivity index (χ4n) is 6.07. The minimum absolute atomic E-state index is 0.0123. The molecule has 0 spiro atoms. The molecule has 196 valence electrons. The molecule has 3 fully saturated rings. The molecule has 2 saturated carbocycles. The Bertz CT molecular complexity index is 1120. The van der Waals surface area contributed by atoms with Crippen molar-refractivity contribution in [2.75, 3.05) is 25.5 Å². The highest BCUT2D eigenvalue weighted by Crippen LogP contribution is 2.48. The maximum Gasteiger partial charge on any atom is 0.308 e. The molecular formula is C30H35ClN2O4. The van der Waals surface area contributed by atoms with Crippen molar-refractivity contribution in [1.82, 2.24) is 4.90 Å². The number of benzene rings is 2. The van der Waals surface area contributed by atoms with E-state index in [1.807, 2.05) is 41.3 Å². The van der Waals surface area contributed by atoms with Crippen LogP contribution in [0.2, 0.25) is 5.02 Å². The number of carbonyl (C=O) groups is 3. The fourth-order valence-corrected chi connectivity index (χ4v) is 6.20. The zero-order valence-corrected chi connectivity index (χ0v) is 22.1. The topological polar surface area (TPSA) is 75.7 Å². The number of piperidine rings is 1. The number of nitrogens with zero attached hydrogens (tertiary/aromatic N) is 1. The van der Waals surface area contributed by atoms with E-state index in [1.165, 1.54) is 18.2 Å². The molecule has 1 aliphatic heterocycles. The molecule has 1 heterocycles. The quantitative estimate of drug-likeness (QED) is 0.489. The van der Waals surface area contributed by atoms with Gasteiger partial charge in [-0.3, -0.25) is 14.4 Å². The summed E-state index contributed by atoms with van der Waals surface area (Å²) in [6, 6.07) is 16.0. The summed E-state index contributed by atoms with van der Waals surface area (Å²) in [5.74, 6) is 0.851. The van der Waals surface area contributed by atoms with E-state index in [-0.39, 0.29) is 41.5 Å². The lowest BCUT2D eigenvalue weighted by Gasteiger charge is -2.36. The molecule has 2 amide bonds. The molecule has 7 heteroatoms. The molecule has 37 heavy (non-hydrogen) atoms. The molecular weight excluding hydrogens is 488 g/mol. The monoisotopic (exact) mass is 522 g/mol. The van der Waals surface area contributed by atoms with Crippen LogP contribution < -0.4 is 5.32 Å². The largest absolute Gasteiger partial charge is 0.469 e. The van der Waals surface area contributed by atoms with Crippen molar-refractivity contribution in [1.29, 1.82) is 0 Å². The number of methoxy groups -OCH3 is 1. The van der Waals surface area contributed by atoms with Gasteiger partial charge in [0.1, 0.15) is 0 Å². The first kappa shape index (κ1) is 25.8. The van der Waals surface area contributed by atoms with Crippen LogP contribution >= 0.6 is 11.6 Å². The van der Waals surface area contributed by atoms with E-state index in [4.69, 9.17) is 16.3 Å². The maximum absolute atomic E-state index is 13.0.